The van der Waals surface area contributed by atoms with E-state index < -0.39 is 0 Å². The predicted octanol–water partition coefficient (Wildman–Crippen LogP) is 2.45. The third-order valence-electron chi connectivity index (χ3n) is 3.18. The Morgan fingerprint density at radius 1 is 1.30 bits per heavy atom. The molecule has 104 valence electrons. The maximum absolute atomic E-state index is 13.9. The van der Waals surface area contributed by atoms with Crippen LogP contribution in [0, 0.1) is 5.82 Å². The molecular weight excluding hydrogens is 275 g/mol. The van der Waals surface area contributed by atoms with E-state index in [1.165, 1.54) is 12.3 Å². The Morgan fingerprint density at radius 3 is 2.60 bits per heavy atom. The van der Waals surface area contributed by atoms with E-state index in [9.17, 15) is 4.39 Å². The Labute approximate surface area is 122 Å². The van der Waals surface area contributed by atoms with Gasteiger partial charge < -0.3 is 10.6 Å². The summed E-state index contributed by atoms with van der Waals surface area (Å²) in [6.45, 7) is 1.89. The van der Waals surface area contributed by atoms with Gasteiger partial charge in [0.05, 0.1) is 6.04 Å². The number of aromatic nitrogens is 2. The zero-order chi connectivity index (χ0) is 14.7. The van der Waals surface area contributed by atoms with Crippen molar-refractivity contribution in [2.75, 3.05) is 11.9 Å². The predicted molar refractivity (Wildman–Crippen MR) is 81.1 cm³/mol. The molecule has 0 aliphatic heterocycles. The molecular formula is C14H15FN4S. The van der Waals surface area contributed by atoms with Gasteiger partial charge in [0.25, 0.3) is 0 Å². The van der Waals surface area contributed by atoms with E-state index in [1.807, 2.05) is 14.0 Å². The summed E-state index contributed by atoms with van der Waals surface area (Å²) in [6.07, 6.45) is 3.08. The van der Waals surface area contributed by atoms with Crippen molar-refractivity contribution in [3.05, 3.63) is 53.7 Å². The van der Waals surface area contributed by atoms with Crippen molar-refractivity contribution >= 4 is 23.0 Å². The molecule has 1 unspecified atom stereocenters. The summed E-state index contributed by atoms with van der Waals surface area (Å²) in [4.78, 5) is 10.4. The maximum Gasteiger partial charge on any atom is 0.157 e. The molecule has 4 nitrogen and oxygen atoms in total. The summed E-state index contributed by atoms with van der Waals surface area (Å²) < 4.78 is 13.9. The Morgan fingerprint density at radius 2 is 1.95 bits per heavy atom. The molecule has 0 fully saturated rings. The molecule has 1 aromatic carbocycles. The van der Waals surface area contributed by atoms with Gasteiger partial charge in [-0.2, -0.15) is 0 Å². The molecule has 2 aromatic rings. The molecule has 0 bridgehead atoms. The van der Waals surface area contributed by atoms with Gasteiger partial charge in [0.15, 0.2) is 5.82 Å². The molecule has 0 radical (unpaired) electrons. The van der Waals surface area contributed by atoms with Crippen molar-refractivity contribution in [2.45, 2.75) is 13.0 Å². The summed E-state index contributed by atoms with van der Waals surface area (Å²) in [7, 11) is 1.81. The van der Waals surface area contributed by atoms with Crippen molar-refractivity contribution in [3.8, 4) is 0 Å². The van der Waals surface area contributed by atoms with Gasteiger partial charge in [-0.15, -0.1) is 0 Å². The van der Waals surface area contributed by atoms with Crippen molar-refractivity contribution in [1.29, 1.82) is 0 Å². The van der Waals surface area contributed by atoms with Gasteiger partial charge in [-0.3, -0.25) is 0 Å². The van der Waals surface area contributed by atoms with Crippen LogP contribution in [0.25, 0.3) is 0 Å². The van der Waals surface area contributed by atoms with E-state index in [2.05, 4.69) is 9.97 Å². The van der Waals surface area contributed by atoms with Crippen LogP contribution >= 0.6 is 12.2 Å². The summed E-state index contributed by atoms with van der Waals surface area (Å²) in [5.74, 6) is 0.281. The quantitative estimate of drug-likeness (QED) is 0.877. The molecule has 0 saturated heterocycles. The van der Waals surface area contributed by atoms with Crippen LogP contribution < -0.4 is 10.6 Å². The highest BCUT2D eigenvalue weighted by Crippen LogP contribution is 2.26. The first-order valence-corrected chi connectivity index (χ1v) is 6.51. The Bertz CT molecular complexity index is 632. The van der Waals surface area contributed by atoms with E-state index in [4.69, 9.17) is 18.0 Å². The van der Waals surface area contributed by atoms with Gasteiger partial charge in [0.2, 0.25) is 0 Å². The van der Waals surface area contributed by atoms with Crippen LogP contribution in [-0.2, 0) is 0 Å². The minimum absolute atomic E-state index is 0.167. The van der Waals surface area contributed by atoms with Gasteiger partial charge in [-0.05, 0) is 13.0 Å². The van der Waals surface area contributed by atoms with Gasteiger partial charge in [-0.25, -0.2) is 14.4 Å². The van der Waals surface area contributed by atoms with Crippen molar-refractivity contribution in [3.63, 3.8) is 0 Å². The number of benzene rings is 1. The highest BCUT2D eigenvalue weighted by atomic mass is 32.1. The standard InChI is InChI=1S/C14H15FN4S/c1-9(10-5-3-4-6-11(10)15)19(2)14-12(13(16)20)17-7-8-18-14/h3-9H,1-2H3,(H2,16,20). The maximum atomic E-state index is 13.9. The number of hydrogen-bond acceptors (Lipinski definition) is 4. The lowest BCUT2D eigenvalue weighted by Gasteiger charge is -2.27. The summed E-state index contributed by atoms with van der Waals surface area (Å²) in [6, 6.07) is 6.42. The molecule has 0 aliphatic carbocycles. The smallest absolute Gasteiger partial charge is 0.157 e. The Hall–Kier alpha value is -2.08. The SMILES string of the molecule is CC(c1ccccc1F)N(C)c1nccnc1C(N)=S. The van der Waals surface area contributed by atoms with E-state index in [0.29, 0.717) is 17.1 Å². The topological polar surface area (TPSA) is 55.0 Å². The molecule has 2 rings (SSSR count). The van der Waals surface area contributed by atoms with E-state index in [-0.39, 0.29) is 16.8 Å². The highest BCUT2D eigenvalue weighted by Gasteiger charge is 2.20. The number of hydrogen-bond donors (Lipinski definition) is 1. The first kappa shape index (κ1) is 14.3. The van der Waals surface area contributed by atoms with Crippen LogP contribution in [0.15, 0.2) is 36.7 Å². The number of rotatable bonds is 4. The summed E-state index contributed by atoms with van der Waals surface area (Å²) in [5, 5.41) is 0. The van der Waals surface area contributed by atoms with Crippen molar-refractivity contribution < 1.29 is 4.39 Å². The molecule has 20 heavy (non-hydrogen) atoms. The van der Waals surface area contributed by atoms with Gasteiger partial charge in [0.1, 0.15) is 16.5 Å². The monoisotopic (exact) mass is 290 g/mol. The fourth-order valence-electron chi connectivity index (χ4n) is 1.97. The second-order valence-electron chi connectivity index (χ2n) is 4.40. The van der Waals surface area contributed by atoms with Crippen LogP contribution in [0.2, 0.25) is 0 Å². The molecule has 2 N–H and O–H groups in total. The van der Waals surface area contributed by atoms with E-state index in [0.717, 1.165) is 0 Å². The second kappa shape index (κ2) is 5.92. The van der Waals surface area contributed by atoms with Gasteiger partial charge in [-0.1, -0.05) is 30.4 Å². The van der Waals surface area contributed by atoms with Crippen LogP contribution in [0.4, 0.5) is 10.2 Å². The zero-order valence-corrected chi connectivity index (χ0v) is 12.1. The number of halogens is 1. The normalized spacial score (nSPS) is 11.9. The van der Waals surface area contributed by atoms with Crippen LogP contribution in [0.3, 0.4) is 0 Å². The number of anilines is 1. The van der Waals surface area contributed by atoms with E-state index in [1.54, 1.807) is 29.3 Å². The largest absolute Gasteiger partial charge is 0.388 e. The zero-order valence-electron chi connectivity index (χ0n) is 11.2. The van der Waals surface area contributed by atoms with Gasteiger partial charge in [0, 0.05) is 25.0 Å². The lowest BCUT2D eigenvalue weighted by molar-refractivity contribution is 0.584. The third-order valence-corrected chi connectivity index (χ3v) is 3.38. The summed E-state index contributed by atoms with van der Waals surface area (Å²) in [5.41, 5.74) is 6.67. The number of nitrogens with two attached hydrogens (primary N) is 1. The molecule has 0 amide bonds. The highest BCUT2D eigenvalue weighted by molar-refractivity contribution is 7.80. The lowest BCUT2D eigenvalue weighted by atomic mass is 10.1. The minimum Gasteiger partial charge on any atom is -0.388 e. The molecule has 6 heteroatoms. The molecule has 1 aromatic heterocycles. The van der Waals surface area contributed by atoms with Crippen molar-refractivity contribution in [2.24, 2.45) is 5.73 Å². The van der Waals surface area contributed by atoms with Crippen LogP contribution in [0.1, 0.15) is 24.2 Å². The number of thiocarbonyl (C=S) groups is 1. The molecule has 0 saturated carbocycles. The first-order valence-electron chi connectivity index (χ1n) is 6.10. The second-order valence-corrected chi connectivity index (χ2v) is 4.84. The molecule has 0 spiro atoms. The fourth-order valence-corrected chi connectivity index (χ4v) is 2.11. The fraction of sp³-hybridized carbons (Fsp3) is 0.214. The molecule has 1 heterocycles. The van der Waals surface area contributed by atoms with Crippen LogP contribution in [0.5, 0.6) is 0 Å². The Balaban J connectivity index is 2.39. The lowest BCUT2D eigenvalue weighted by Crippen LogP contribution is -2.27. The summed E-state index contributed by atoms with van der Waals surface area (Å²) >= 11 is 4.97. The third kappa shape index (κ3) is 2.75. The average molecular weight is 290 g/mol. The van der Waals surface area contributed by atoms with E-state index >= 15 is 0 Å². The van der Waals surface area contributed by atoms with Gasteiger partial charge >= 0.3 is 0 Å². The molecule has 1 atom stereocenters. The average Bonchev–Trinajstić information content (AvgIpc) is 2.46. The Kier molecular flexibility index (Phi) is 4.24. The first-order chi connectivity index (χ1) is 9.52. The van der Waals surface area contributed by atoms with Crippen molar-refractivity contribution in [1.82, 2.24) is 9.97 Å². The minimum atomic E-state index is -0.257. The van der Waals surface area contributed by atoms with Crippen LogP contribution in [-0.4, -0.2) is 22.0 Å². The molecule has 0 aliphatic rings. The number of nitrogens with zero attached hydrogens (tertiary/aromatic N) is 3.